The van der Waals surface area contributed by atoms with Crippen LogP contribution in [0.2, 0.25) is 5.02 Å². The van der Waals surface area contributed by atoms with Crippen LogP contribution in [0.4, 0.5) is 5.69 Å². The van der Waals surface area contributed by atoms with Crippen molar-refractivity contribution in [3.8, 4) is 0 Å². The summed E-state index contributed by atoms with van der Waals surface area (Å²) in [4.78, 5) is 0.152. The number of rotatable bonds is 3. The van der Waals surface area contributed by atoms with Crippen LogP contribution in [0, 0.1) is 13.8 Å². The maximum atomic E-state index is 12.3. The number of benzene rings is 1. The van der Waals surface area contributed by atoms with E-state index in [1.165, 1.54) is 6.07 Å². The highest BCUT2D eigenvalue weighted by atomic mass is 79.9. The number of aromatic amines is 1. The number of anilines is 1. The zero-order chi connectivity index (χ0) is 14.2. The number of sulfonamides is 1. The molecule has 0 unspecified atom stereocenters. The molecule has 1 aromatic carbocycles. The Balaban J connectivity index is 2.45. The molecular formula is C11H11BrClN3O2S. The van der Waals surface area contributed by atoms with Gasteiger partial charge in [0.2, 0.25) is 0 Å². The molecule has 19 heavy (non-hydrogen) atoms. The minimum atomic E-state index is -3.70. The van der Waals surface area contributed by atoms with Gasteiger partial charge in [-0.2, -0.15) is 5.10 Å². The highest BCUT2D eigenvalue weighted by molar-refractivity contribution is 9.10. The zero-order valence-electron chi connectivity index (χ0n) is 10.2. The Morgan fingerprint density at radius 3 is 2.63 bits per heavy atom. The maximum Gasteiger partial charge on any atom is 0.265 e. The Bertz CT molecular complexity index is 708. The number of aryl methyl sites for hydroxylation is 2. The molecule has 2 rings (SSSR count). The molecule has 0 atom stereocenters. The third kappa shape index (κ3) is 2.93. The molecule has 0 spiro atoms. The molecule has 5 nitrogen and oxygen atoms in total. The van der Waals surface area contributed by atoms with Gasteiger partial charge in [0.25, 0.3) is 10.0 Å². The molecule has 8 heteroatoms. The van der Waals surface area contributed by atoms with Gasteiger partial charge in [-0.3, -0.25) is 9.82 Å². The van der Waals surface area contributed by atoms with Gasteiger partial charge in [-0.05, 0) is 48.0 Å². The molecular weight excluding hydrogens is 354 g/mol. The van der Waals surface area contributed by atoms with E-state index in [1.807, 2.05) is 0 Å². The first-order valence-corrected chi connectivity index (χ1v) is 7.96. The highest BCUT2D eigenvalue weighted by Gasteiger charge is 2.23. The lowest BCUT2D eigenvalue weighted by molar-refractivity contribution is 0.600. The van der Waals surface area contributed by atoms with Crippen LogP contribution in [0.3, 0.4) is 0 Å². The molecule has 0 radical (unpaired) electrons. The first-order chi connectivity index (χ1) is 8.81. The van der Waals surface area contributed by atoms with Gasteiger partial charge in [-0.1, -0.05) is 11.6 Å². The molecule has 2 N–H and O–H groups in total. The summed E-state index contributed by atoms with van der Waals surface area (Å²) in [7, 11) is -3.70. The summed E-state index contributed by atoms with van der Waals surface area (Å²) in [5, 5.41) is 6.98. The second kappa shape index (κ2) is 5.15. The van der Waals surface area contributed by atoms with Gasteiger partial charge in [0.1, 0.15) is 4.90 Å². The van der Waals surface area contributed by atoms with Gasteiger partial charge in [-0.25, -0.2) is 8.42 Å². The molecule has 0 bridgehead atoms. The van der Waals surface area contributed by atoms with Crippen LogP contribution in [0.15, 0.2) is 27.6 Å². The van der Waals surface area contributed by atoms with E-state index in [0.29, 0.717) is 26.6 Å². The number of nitrogens with one attached hydrogen (secondary N) is 2. The van der Waals surface area contributed by atoms with Crippen LogP contribution in [0.1, 0.15) is 11.4 Å². The van der Waals surface area contributed by atoms with Crippen molar-refractivity contribution in [3.63, 3.8) is 0 Å². The minimum absolute atomic E-state index is 0.152. The van der Waals surface area contributed by atoms with Gasteiger partial charge < -0.3 is 0 Å². The monoisotopic (exact) mass is 363 g/mol. The Kier molecular flexibility index (Phi) is 3.89. The van der Waals surface area contributed by atoms with Crippen molar-refractivity contribution in [1.82, 2.24) is 10.2 Å². The number of nitrogens with zero attached hydrogens (tertiary/aromatic N) is 1. The van der Waals surface area contributed by atoms with E-state index < -0.39 is 10.0 Å². The quantitative estimate of drug-likeness (QED) is 0.878. The summed E-state index contributed by atoms with van der Waals surface area (Å²) < 4.78 is 27.8. The average molecular weight is 365 g/mol. The molecule has 102 valence electrons. The van der Waals surface area contributed by atoms with Crippen LogP contribution < -0.4 is 4.72 Å². The van der Waals surface area contributed by atoms with E-state index in [0.717, 1.165) is 0 Å². The zero-order valence-corrected chi connectivity index (χ0v) is 13.3. The number of hydrogen-bond acceptors (Lipinski definition) is 3. The number of halogens is 2. The van der Waals surface area contributed by atoms with E-state index in [4.69, 9.17) is 11.6 Å². The molecule has 0 aliphatic heterocycles. The predicted molar refractivity (Wildman–Crippen MR) is 78.0 cm³/mol. The lowest BCUT2D eigenvalue weighted by Crippen LogP contribution is -2.15. The van der Waals surface area contributed by atoms with E-state index in [9.17, 15) is 8.42 Å². The van der Waals surface area contributed by atoms with Crippen LogP contribution in [0.25, 0.3) is 0 Å². The summed E-state index contributed by atoms with van der Waals surface area (Å²) in [6.45, 7) is 3.28. The third-order valence-electron chi connectivity index (χ3n) is 2.50. The van der Waals surface area contributed by atoms with Crippen molar-refractivity contribution in [2.45, 2.75) is 18.7 Å². The standard InChI is InChI=1S/C11H11BrClN3O2S/c1-6-11(7(2)15-14-6)19(17,18)16-10-5-8(13)3-4-9(10)12/h3-5,16H,1-2H3,(H,14,15). The van der Waals surface area contributed by atoms with E-state index in [1.54, 1.807) is 26.0 Å². The molecule has 0 aliphatic rings. The second-order valence-electron chi connectivity index (χ2n) is 3.99. The van der Waals surface area contributed by atoms with E-state index in [2.05, 4.69) is 30.8 Å². The van der Waals surface area contributed by atoms with Crippen molar-refractivity contribution in [2.24, 2.45) is 0 Å². The van der Waals surface area contributed by atoms with Crippen LogP contribution in [-0.2, 0) is 10.0 Å². The molecule has 0 saturated carbocycles. The number of hydrogen-bond donors (Lipinski definition) is 2. The fourth-order valence-electron chi connectivity index (χ4n) is 1.71. The van der Waals surface area contributed by atoms with Gasteiger partial charge >= 0.3 is 0 Å². The molecule has 0 aliphatic carbocycles. The first-order valence-electron chi connectivity index (χ1n) is 5.30. The van der Waals surface area contributed by atoms with Crippen molar-refractivity contribution in [2.75, 3.05) is 4.72 Å². The molecule has 2 aromatic rings. The Labute approximate surface area is 124 Å². The smallest absolute Gasteiger partial charge is 0.265 e. The largest absolute Gasteiger partial charge is 0.281 e. The van der Waals surface area contributed by atoms with Crippen molar-refractivity contribution >= 4 is 43.2 Å². The van der Waals surface area contributed by atoms with E-state index in [-0.39, 0.29) is 4.90 Å². The SMILES string of the molecule is Cc1n[nH]c(C)c1S(=O)(=O)Nc1cc(Cl)ccc1Br. The van der Waals surface area contributed by atoms with Gasteiger partial charge in [0.15, 0.2) is 0 Å². The van der Waals surface area contributed by atoms with Crippen molar-refractivity contribution in [3.05, 3.63) is 39.1 Å². The average Bonchev–Trinajstić information content (AvgIpc) is 2.64. The summed E-state index contributed by atoms with van der Waals surface area (Å²) >= 11 is 9.13. The molecule has 1 heterocycles. The molecule has 1 aromatic heterocycles. The van der Waals surface area contributed by atoms with E-state index >= 15 is 0 Å². The molecule has 0 saturated heterocycles. The predicted octanol–water partition coefficient (Wildman–Crippen LogP) is 3.24. The Morgan fingerprint density at radius 2 is 2.05 bits per heavy atom. The number of H-pyrrole nitrogens is 1. The first kappa shape index (κ1) is 14.4. The number of aromatic nitrogens is 2. The Hall–Kier alpha value is -1.05. The van der Waals surface area contributed by atoms with Gasteiger partial charge in [-0.15, -0.1) is 0 Å². The summed E-state index contributed by atoms with van der Waals surface area (Å²) in [6.07, 6.45) is 0. The lowest BCUT2D eigenvalue weighted by atomic mass is 10.3. The van der Waals surface area contributed by atoms with Gasteiger partial charge in [0, 0.05) is 9.50 Å². The fourth-order valence-corrected chi connectivity index (χ4v) is 3.80. The summed E-state index contributed by atoms with van der Waals surface area (Å²) in [6, 6.07) is 4.88. The normalized spacial score (nSPS) is 11.6. The third-order valence-corrected chi connectivity index (χ3v) is 5.06. The highest BCUT2D eigenvalue weighted by Crippen LogP contribution is 2.29. The lowest BCUT2D eigenvalue weighted by Gasteiger charge is -2.10. The minimum Gasteiger partial charge on any atom is -0.281 e. The van der Waals surface area contributed by atoms with Crippen LogP contribution in [-0.4, -0.2) is 18.6 Å². The Morgan fingerprint density at radius 1 is 1.37 bits per heavy atom. The second-order valence-corrected chi connectivity index (χ2v) is 6.90. The fraction of sp³-hybridized carbons (Fsp3) is 0.182. The van der Waals surface area contributed by atoms with Crippen LogP contribution >= 0.6 is 27.5 Å². The molecule has 0 amide bonds. The summed E-state index contributed by atoms with van der Waals surface area (Å²) in [5.74, 6) is 0. The van der Waals surface area contributed by atoms with Crippen LogP contribution in [0.5, 0.6) is 0 Å². The molecule has 0 fully saturated rings. The van der Waals surface area contributed by atoms with Crippen molar-refractivity contribution in [1.29, 1.82) is 0 Å². The summed E-state index contributed by atoms with van der Waals surface area (Å²) in [5.41, 5.74) is 1.29. The maximum absolute atomic E-state index is 12.3. The van der Waals surface area contributed by atoms with Gasteiger partial charge in [0.05, 0.1) is 17.1 Å². The van der Waals surface area contributed by atoms with Crippen molar-refractivity contribution < 1.29 is 8.42 Å². The topological polar surface area (TPSA) is 74.8 Å².